The monoisotopic (exact) mass is 310 g/mol. The normalized spacial score (nSPS) is 28.8. The van der Waals surface area contributed by atoms with Crippen LogP contribution in [0.25, 0.3) is 0 Å². The number of esters is 1. The van der Waals surface area contributed by atoms with Crippen LogP contribution < -0.4 is 0 Å². The maximum absolute atomic E-state index is 11.9. The van der Waals surface area contributed by atoms with Gasteiger partial charge in [0, 0.05) is 6.61 Å². The number of carbonyl (C=O) groups excluding carboxylic acids is 1. The minimum atomic E-state index is -0.376. The quantitative estimate of drug-likeness (QED) is 0.407. The number of allylic oxidation sites excluding steroid dienone is 1. The molecule has 1 saturated carbocycles. The lowest BCUT2D eigenvalue weighted by atomic mass is 10.2. The molecule has 1 heterocycles. The highest BCUT2D eigenvalue weighted by molar-refractivity contribution is 5.76. The fraction of sp³-hybridized carbons (Fsp3) is 0.833. The summed E-state index contributed by atoms with van der Waals surface area (Å²) in [6.07, 6.45) is 10.5. The second-order valence-electron chi connectivity index (χ2n) is 7.30. The van der Waals surface area contributed by atoms with E-state index in [1.165, 1.54) is 6.42 Å². The Labute approximate surface area is 134 Å². The van der Waals surface area contributed by atoms with Crippen LogP contribution in [0.2, 0.25) is 0 Å². The van der Waals surface area contributed by atoms with E-state index in [-0.39, 0.29) is 23.8 Å². The Kier molecular flexibility index (Phi) is 6.45. The molecule has 4 nitrogen and oxygen atoms in total. The van der Waals surface area contributed by atoms with Crippen LogP contribution in [0.5, 0.6) is 0 Å². The van der Waals surface area contributed by atoms with Gasteiger partial charge in [-0.1, -0.05) is 12.2 Å². The van der Waals surface area contributed by atoms with Gasteiger partial charge in [0.05, 0.1) is 12.5 Å². The Morgan fingerprint density at radius 2 is 2.09 bits per heavy atom. The molecule has 0 aromatic rings. The molecule has 2 fully saturated rings. The fourth-order valence-electron chi connectivity index (χ4n) is 2.67. The van der Waals surface area contributed by atoms with Crippen molar-refractivity contribution in [2.75, 3.05) is 13.2 Å². The van der Waals surface area contributed by atoms with E-state index in [9.17, 15) is 4.79 Å². The highest BCUT2D eigenvalue weighted by Crippen LogP contribution is 2.43. The molecule has 4 heteroatoms. The van der Waals surface area contributed by atoms with E-state index in [1.54, 1.807) is 0 Å². The second kappa shape index (κ2) is 8.11. The molecule has 22 heavy (non-hydrogen) atoms. The van der Waals surface area contributed by atoms with Crippen LogP contribution in [0.1, 0.15) is 59.3 Å². The van der Waals surface area contributed by atoms with Crippen molar-refractivity contribution in [1.82, 2.24) is 0 Å². The Bertz CT molecular complexity index is 377. The third-order valence-electron chi connectivity index (χ3n) is 3.96. The van der Waals surface area contributed by atoms with Crippen molar-refractivity contribution in [3.8, 4) is 0 Å². The number of carbonyl (C=O) groups is 1. The van der Waals surface area contributed by atoms with Crippen molar-refractivity contribution in [3.63, 3.8) is 0 Å². The summed E-state index contributed by atoms with van der Waals surface area (Å²) < 4.78 is 16.6. The van der Waals surface area contributed by atoms with Gasteiger partial charge in [0.1, 0.15) is 5.60 Å². The number of rotatable bonds is 7. The van der Waals surface area contributed by atoms with Crippen LogP contribution >= 0.6 is 0 Å². The van der Waals surface area contributed by atoms with Crippen LogP contribution in [0.15, 0.2) is 12.2 Å². The van der Waals surface area contributed by atoms with E-state index in [0.717, 1.165) is 38.7 Å². The van der Waals surface area contributed by atoms with E-state index in [4.69, 9.17) is 14.2 Å². The maximum atomic E-state index is 11.9. The highest BCUT2D eigenvalue weighted by atomic mass is 16.7. The topological polar surface area (TPSA) is 44.8 Å². The fourth-order valence-corrected chi connectivity index (χ4v) is 2.67. The molecule has 2 rings (SSSR count). The molecule has 0 aromatic carbocycles. The minimum Gasteiger partial charge on any atom is -0.460 e. The molecular formula is C18H30O4. The van der Waals surface area contributed by atoms with Crippen molar-refractivity contribution in [1.29, 1.82) is 0 Å². The zero-order chi connectivity index (χ0) is 16.0. The summed E-state index contributed by atoms with van der Waals surface area (Å²) in [5.74, 6) is 0.535. The van der Waals surface area contributed by atoms with Crippen LogP contribution in [-0.4, -0.2) is 31.1 Å². The lowest BCUT2D eigenvalue weighted by molar-refractivity contribution is -0.161. The number of ether oxygens (including phenoxy) is 3. The Hall–Kier alpha value is -0.870. The molecule has 1 aliphatic heterocycles. The summed E-state index contributed by atoms with van der Waals surface area (Å²) in [5, 5.41) is 0. The summed E-state index contributed by atoms with van der Waals surface area (Å²) in [7, 11) is 0. The molecule has 0 aromatic heterocycles. The van der Waals surface area contributed by atoms with Gasteiger partial charge in [-0.2, -0.15) is 0 Å². The smallest absolute Gasteiger partial charge is 0.309 e. The molecule has 0 spiro atoms. The van der Waals surface area contributed by atoms with E-state index in [0.29, 0.717) is 12.5 Å². The van der Waals surface area contributed by atoms with Crippen LogP contribution in [0, 0.1) is 11.8 Å². The average Bonchev–Trinajstić information content (AvgIpc) is 3.22. The van der Waals surface area contributed by atoms with Crippen molar-refractivity contribution in [2.24, 2.45) is 11.8 Å². The molecule has 0 bridgehead atoms. The second-order valence-corrected chi connectivity index (χ2v) is 7.30. The summed E-state index contributed by atoms with van der Waals surface area (Å²) in [5.41, 5.74) is -0.376. The predicted octanol–water partition coefficient (Wildman–Crippen LogP) is 3.84. The highest BCUT2D eigenvalue weighted by Gasteiger charge is 2.44. The van der Waals surface area contributed by atoms with Gasteiger partial charge in [0.25, 0.3) is 0 Å². The van der Waals surface area contributed by atoms with Crippen molar-refractivity contribution in [2.45, 2.75) is 71.2 Å². The lowest BCUT2D eigenvalue weighted by Gasteiger charge is -2.22. The zero-order valence-corrected chi connectivity index (χ0v) is 14.2. The molecule has 1 saturated heterocycles. The van der Waals surface area contributed by atoms with Gasteiger partial charge in [0.2, 0.25) is 0 Å². The van der Waals surface area contributed by atoms with E-state index < -0.39 is 0 Å². The molecule has 126 valence electrons. The molecule has 1 unspecified atom stereocenters. The Morgan fingerprint density at radius 3 is 2.77 bits per heavy atom. The van der Waals surface area contributed by atoms with Crippen LogP contribution in [0.3, 0.4) is 0 Å². The van der Waals surface area contributed by atoms with Gasteiger partial charge < -0.3 is 14.2 Å². The van der Waals surface area contributed by atoms with Gasteiger partial charge in [-0.3, -0.25) is 4.79 Å². The van der Waals surface area contributed by atoms with Crippen molar-refractivity contribution in [3.05, 3.63) is 12.2 Å². The van der Waals surface area contributed by atoms with Gasteiger partial charge >= 0.3 is 5.97 Å². The predicted molar refractivity (Wildman–Crippen MR) is 85.4 cm³/mol. The van der Waals surface area contributed by atoms with Crippen molar-refractivity contribution >= 4 is 5.97 Å². The first-order valence-electron chi connectivity index (χ1n) is 8.57. The molecule has 0 radical (unpaired) electrons. The summed E-state index contributed by atoms with van der Waals surface area (Å²) in [4.78, 5) is 11.9. The third-order valence-corrected chi connectivity index (χ3v) is 3.96. The maximum Gasteiger partial charge on any atom is 0.309 e. The van der Waals surface area contributed by atoms with Gasteiger partial charge in [-0.05, 0) is 65.2 Å². The van der Waals surface area contributed by atoms with E-state index in [1.807, 2.05) is 20.8 Å². The van der Waals surface area contributed by atoms with E-state index in [2.05, 4.69) is 12.2 Å². The average molecular weight is 310 g/mol. The Balaban J connectivity index is 1.51. The largest absolute Gasteiger partial charge is 0.460 e. The summed E-state index contributed by atoms with van der Waals surface area (Å²) in [6.45, 7) is 7.28. The van der Waals surface area contributed by atoms with Gasteiger partial charge in [-0.15, -0.1) is 0 Å². The summed E-state index contributed by atoms with van der Waals surface area (Å²) in [6, 6.07) is 0. The van der Waals surface area contributed by atoms with Crippen LogP contribution in [-0.2, 0) is 19.0 Å². The molecular weight excluding hydrogens is 280 g/mol. The molecule has 3 atom stereocenters. The standard InChI is InChI=1S/C18H30O4/c1-18(2,3)22-17(19)15-13-14(15)9-5-4-7-11-20-16-10-6-8-12-21-16/h4-5,14-16H,6-13H2,1-3H3/b5-4-/t14-,15+,16?/m0/s1. The van der Waals surface area contributed by atoms with Gasteiger partial charge in [-0.25, -0.2) is 0 Å². The van der Waals surface area contributed by atoms with Gasteiger partial charge in [0.15, 0.2) is 6.29 Å². The van der Waals surface area contributed by atoms with Crippen LogP contribution in [0.4, 0.5) is 0 Å². The Morgan fingerprint density at radius 1 is 1.27 bits per heavy atom. The SMILES string of the molecule is CC(C)(C)OC(=O)[C@@H]1C[C@@H]1C/C=C\CCOC1CCCCO1. The van der Waals surface area contributed by atoms with E-state index >= 15 is 0 Å². The number of hydrogen-bond acceptors (Lipinski definition) is 4. The first-order chi connectivity index (χ1) is 10.5. The van der Waals surface area contributed by atoms with Crippen molar-refractivity contribution < 1.29 is 19.0 Å². The molecule has 1 aliphatic carbocycles. The minimum absolute atomic E-state index is 0.00197. The molecule has 0 amide bonds. The molecule has 0 N–H and O–H groups in total. The zero-order valence-electron chi connectivity index (χ0n) is 14.2. The lowest BCUT2D eigenvalue weighted by Crippen LogP contribution is -2.25. The molecule has 2 aliphatic rings. The first kappa shape index (κ1) is 17.5. The summed E-state index contributed by atoms with van der Waals surface area (Å²) >= 11 is 0. The third kappa shape index (κ3) is 6.49. The number of hydrogen-bond donors (Lipinski definition) is 0. The first-order valence-corrected chi connectivity index (χ1v) is 8.57.